The van der Waals surface area contributed by atoms with Crippen molar-refractivity contribution < 1.29 is 9.31 Å². The second-order valence-corrected chi connectivity index (χ2v) is 11.3. The van der Waals surface area contributed by atoms with Crippen molar-refractivity contribution in [1.29, 1.82) is 0 Å². The largest absolute Gasteiger partial charge is 0.494 e. The van der Waals surface area contributed by atoms with Gasteiger partial charge in [-0.15, -0.1) is 0 Å². The van der Waals surface area contributed by atoms with Gasteiger partial charge in [0, 0.05) is 16.5 Å². The lowest BCUT2D eigenvalue weighted by Gasteiger charge is -2.32. The summed E-state index contributed by atoms with van der Waals surface area (Å²) in [6.07, 6.45) is 0. The zero-order valence-corrected chi connectivity index (χ0v) is 22.2. The predicted octanol–water partition coefficient (Wildman–Crippen LogP) is 7.90. The number of hydrogen-bond donors (Lipinski definition) is 0. The van der Waals surface area contributed by atoms with Crippen LogP contribution in [0.4, 0.5) is 0 Å². The molecule has 0 saturated carbocycles. The van der Waals surface area contributed by atoms with Crippen molar-refractivity contribution in [2.75, 3.05) is 0 Å². The normalized spacial score (nSPS) is 16.6. The van der Waals surface area contributed by atoms with E-state index in [1.54, 1.807) is 0 Å². The Labute approximate surface area is 223 Å². The molecule has 1 saturated heterocycles. The number of aromatic nitrogens is 1. The molecule has 2 heterocycles. The molecule has 3 nitrogen and oxygen atoms in total. The van der Waals surface area contributed by atoms with Crippen LogP contribution >= 0.6 is 0 Å². The summed E-state index contributed by atoms with van der Waals surface area (Å²) in [7, 11) is -0.403. The van der Waals surface area contributed by atoms with Crippen LogP contribution in [-0.2, 0) is 9.31 Å². The highest BCUT2D eigenvalue weighted by atomic mass is 16.7. The number of hydrogen-bond acceptors (Lipinski definition) is 2. The van der Waals surface area contributed by atoms with Gasteiger partial charge in [-0.25, -0.2) is 0 Å². The molecule has 38 heavy (non-hydrogen) atoms. The van der Waals surface area contributed by atoms with Crippen molar-refractivity contribution in [2.24, 2.45) is 0 Å². The van der Waals surface area contributed by atoms with E-state index in [9.17, 15) is 0 Å². The molecule has 0 atom stereocenters. The maximum atomic E-state index is 6.40. The number of benzene rings is 5. The Hall–Kier alpha value is -3.86. The number of rotatable bonds is 3. The average Bonchev–Trinajstić information content (AvgIpc) is 3.37. The second kappa shape index (κ2) is 8.32. The van der Waals surface area contributed by atoms with Crippen LogP contribution in [0.3, 0.4) is 0 Å². The highest BCUT2D eigenvalue weighted by molar-refractivity contribution is 6.62. The Balaban J connectivity index is 1.43. The van der Waals surface area contributed by atoms with E-state index in [0.29, 0.717) is 0 Å². The molecule has 0 radical (unpaired) electrons. The first-order valence-corrected chi connectivity index (χ1v) is 13.3. The third kappa shape index (κ3) is 3.59. The summed E-state index contributed by atoms with van der Waals surface area (Å²) in [6, 6.07) is 39.2. The van der Waals surface area contributed by atoms with Gasteiger partial charge in [-0.2, -0.15) is 0 Å². The van der Waals surface area contributed by atoms with Crippen LogP contribution in [-0.4, -0.2) is 22.9 Å². The van der Waals surface area contributed by atoms with Crippen molar-refractivity contribution in [3.05, 3.63) is 109 Å². The second-order valence-electron chi connectivity index (χ2n) is 11.3. The molecule has 186 valence electrons. The molecule has 0 spiro atoms. The highest BCUT2D eigenvalue weighted by Gasteiger charge is 2.51. The summed E-state index contributed by atoms with van der Waals surface area (Å²) in [4.78, 5) is 0. The average molecular weight is 495 g/mol. The van der Waals surface area contributed by atoms with Gasteiger partial charge in [0.05, 0.1) is 22.2 Å². The first-order valence-electron chi connectivity index (χ1n) is 13.3. The standard InChI is InChI=1S/C34H30BNO2/c1-33(2)34(3,4)38-35(37-33)27-17-18-29-30-21-26(25-15-14-23-10-8-9-11-24(23)20-25)16-19-31(30)36(32(29)22-27)28-12-6-5-7-13-28/h5-22H,1-4H3. The zero-order chi connectivity index (χ0) is 26.1. The molecule has 0 unspecified atom stereocenters. The molecular weight excluding hydrogens is 465 g/mol. The minimum absolute atomic E-state index is 0.381. The number of fused-ring (bicyclic) bond motifs is 4. The molecule has 1 fully saturated rings. The summed E-state index contributed by atoms with van der Waals surface area (Å²) in [5.41, 5.74) is 6.17. The molecule has 7 rings (SSSR count). The molecular formula is C34H30BNO2. The van der Waals surface area contributed by atoms with E-state index in [0.717, 1.165) is 16.7 Å². The van der Waals surface area contributed by atoms with Gasteiger partial charge in [-0.3, -0.25) is 0 Å². The lowest BCUT2D eigenvalue weighted by Crippen LogP contribution is -2.41. The minimum Gasteiger partial charge on any atom is -0.399 e. The zero-order valence-electron chi connectivity index (χ0n) is 22.2. The van der Waals surface area contributed by atoms with Crippen molar-refractivity contribution in [3.8, 4) is 16.8 Å². The lowest BCUT2D eigenvalue weighted by atomic mass is 9.79. The molecule has 0 bridgehead atoms. The van der Waals surface area contributed by atoms with Crippen LogP contribution in [0.5, 0.6) is 0 Å². The van der Waals surface area contributed by atoms with Gasteiger partial charge in [0.1, 0.15) is 0 Å². The molecule has 0 aliphatic carbocycles. The fourth-order valence-electron chi connectivity index (χ4n) is 5.57. The molecule has 4 heteroatoms. The van der Waals surface area contributed by atoms with Gasteiger partial charge in [0.25, 0.3) is 0 Å². The van der Waals surface area contributed by atoms with Crippen LogP contribution in [0.25, 0.3) is 49.4 Å². The first kappa shape index (κ1) is 23.3. The summed E-state index contributed by atoms with van der Waals surface area (Å²) in [5, 5.41) is 4.96. The van der Waals surface area contributed by atoms with Gasteiger partial charge in [0.15, 0.2) is 0 Å². The smallest absolute Gasteiger partial charge is 0.399 e. The van der Waals surface area contributed by atoms with Crippen LogP contribution in [0, 0.1) is 0 Å². The fourth-order valence-corrected chi connectivity index (χ4v) is 5.57. The van der Waals surface area contributed by atoms with E-state index >= 15 is 0 Å². The van der Waals surface area contributed by atoms with E-state index in [2.05, 4.69) is 141 Å². The third-order valence-corrected chi connectivity index (χ3v) is 8.41. The quantitative estimate of drug-likeness (QED) is 0.233. The van der Waals surface area contributed by atoms with Gasteiger partial charge in [0.2, 0.25) is 0 Å². The summed E-state index contributed by atoms with van der Waals surface area (Å²) in [5.74, 6) is 0. The molecule has 1 aliphatic heterocycles. The molecule has 0 amide bonds. The number of para-hydroxylation sites is 1. The molecule has 6 aromatic rings. The Kier molecular flexibility index (Phi) is 5.10. The van der Waals surface area contributed by atoms with Crippen molar-refractivity contribution >= 4 is 45.2 Å². The van der Waals surface area contributed by atoms with E-state index in [4.69, 9.17) is 9.31 Å². The topological polar surface area (TPSA) is 23.4 Å². The van der Waals surface area contributed by atoms with E-state index in [1.807, 2.05) is 0 Å². The molecule has 1 aliphatic rings. The summed E-state index contributed by atoms with van der Waals surface area (Å²) in [6.45, 7) is 8.39. The van der Waals surface area contributed by atoms with Gasteiger partial charge in [-0.05, 0) is 91.5 Å². The van der Waals surface area contributed by atoms with Crippen molar-refractivity contribution in [1.82, 2.24) is 4.57 Å². The number of nitrogens with zero attached hydrogens (tertiary/aromatic N) is 1. The van der Waals surface area contributed by atoms with Gasteiger partial charge in [-0.1, -0.05) is 72.8 Å². The molecule has 1 aromatic heterocycles. The van der Waals surface area contributed by atoms with E-state index in [1.165, 1.54) is 38.2 Å². The highest BCUT2D eigenvalue weighted by Crippen LogP contribution is 2.38. The monoisotopic (exact) mass is 495 g/mol. The predicted molar refractivity (Wildman–Crippen MR) is 159 cm³/mol. The Morgan fingerprint density at radius 3 is 1.97 bits per heavy atom. The fraction of sp³-hybridized carbons (Fsp3) is 0.176. The Morgan fingerprint density at radius 2 is 1.21 bits per heavy atom. The van der Waals surface area contributed by atoms with Crippen molar-refractivity contribution in [3.63, 3.8) is 0 Å². The minimum atomic E-state index is -0.403. The van der Waals surface area contributed by atoms with E-state index in [-0.39, 0.29) is 11.2 Å². The maximum Gasteiger partial charge on any atom is 0.494 e. The Morgan fingerprint density at radius 1 is 0.553 bits per heavy atom. The van der Waals surface area contributed by atoms with Gasteiger partial charge < -0.3 is 13.9 Å². The van der Waals surface area contributed by atoms with Crippen LogP contribution in [0.1, 0.15) is 27.7 Å². The van der Waals surface area contributed by atoms with Crippen LogP contribution < -0.4 is 5.46 Å². The maximum absolute atomic E-state index is 6.40. The Bertz CT molecular complexity index is 1820. The van der Waals surface area contributed by atoms with Gasteiger partial charge >= 0.3 is 7.12 Å². The first-order chi connectivity index (χ1) is 18.3. The summed E-state index contributed by atoms with van der Waals surface area (Å²) < 4.78 is 15.1. The van der Waals surface area contributed by atoms with E-state index < -0.39 is 7.12 Å². The van der Waals surface area contributed by atoms with Crippen LogP contribution in [0.2, 0.25) is 0 Å². The molecule has 5 aromatic carbocycles. The van der Waals surface area contributed by atoms with Crippen molar-refractivity contribution in [2.45, 2.75) is 38.9 Å². The SMILES string of the molecule is CC1(C)OB(c2ccc3c4cc(-c5ccc6ccccc6c5)ccc4n(-c4ccccc4)c3c2)OC1(C)C. The molecule has 0 N–H and O–H groups in total. The lowest BCUT2D eigenvalue weighted by molar-refractivity contribution is 0.00578. The van der Waals surface area contributed by atoms with Crippen LogP contribution in [0.15, 0.2) is 109 Å². The summed E-state index contributed by atoms with van der Waals surface area (Å²) >= 11 is 0. The third-order valence-electron chi connectivity index (χ3n) is 8.41.